The fourth-order valence-corrected chi connectivity index (χ4v) is 1.75. The Morgan fingerprint density at radius 1 is 0.941 bits per heavy atom. The quantitative estimate of drug-likeness (QED) is 0.600. The first-order chi connectivity index (χ1) is 7.45. The zero-order valence-electron chi connectivity index (χ0n) is 11.3. The second-order valence-electron chi connectivity index (χ2n) is 4.70. The third-order valence-corrected chi connectivity index (χ3v) is 3.17. The van der Waals surface area contributed by atoms with E-state index in [2.05, 4.69) is 46.8 Å². The molecule has 1 aromatic carbocycles. The summed E-state index contributed by atoms with van der Waals surface area (Å²) in [6.45, 7) is 10.9. The van der Waals surface area contributed by atoms with Crippen LogP contribution >= 0.6 is 0 Å². The number of hydrogen-bond donors (Lipinski definition) is 0. The minimum absolute atomic E-state index is 0. The molecule has 89 valence electrons. The van der Waals surface area contributed by atoms with Crippen molar-refractivity contribution in [2.75, 3.05) is 0 Å². The Balaban J connectivity index is 0.000000316. The van der Waals surface area contributed by atoms with Crippen LogP contribution in [0.1, 0.15) is 34.6 Å². The van der Waals surface area contributed by atoms with Crippen molar-refractivity contribution >= 4 is 0 Å². The van der Waals surface area contributed by atoms with Gasteiger partial charge in [-0.1, -0.05) is 33.1 Å². The zero-order valence-corrected chi connectivity index (χ0v) is 12.7. The van der Waals surface area contributed by atoms with E-state index in [4.69, 9.17) is 0 Å². The molecule has 0 heterocycles. The molecule has 0 N–H and O–H groups in total. The van der Waals surface area contributed by atoms with Gasteiger partial charge in [0.15, 0.2) is 0 Å². The van der Waals surface area contributed by atoms with E-state index in [9.17, 15) is 0 Å². The van der Waals surface area contributed by atoms with Crippen molar-refractivity contribution in [2.24, 2.45) is 5.41 Å². The summed E-state index contributed by atoms with van der Waals surface area (Å²) in [5.41, 5.74) is 4.39. The van der Waals surface area contributed by atoms with Gasteiger partial charge in [-0.3, -0.25) is 6.08 Å². The standard InChI is InChI=1S/C10H15.C6H5.V/c1-7-6-10(4,5)9(3)8(7)2;1-2-4-6-5-3-1;/h1-5H3;1-5H;/q2*-1;+2. The van der Waals surface area contributed by atoms with E-state index in [1.54, 1.807) is 0 Å². The smallest absolute Gasteiger partial charge is 0.263 e. The van der Waals surface area contributed by atoms with E-state index < -0.39 is 0 Å². The van der Waals surface area contributed by atoms with Crippen LogP contribution in [0.15, 0.2) is 47.1 Å². The van der Waals surface area contributed by atoms with E-state index in [-0.39, 0.29) is 24.0 Å². The maximum absolute atomic E-state index is 3.44. The van der Waals surface area contributed by atoms with Crippen LogP contribution in [0.4, 0.5) is 0 Å². The Labute approximate surface area is 118 Å². The van der Waals surface area contributed by atoms with Crippen LogP contribution in [-0.2, 0) is 18.6 Å². The molecule has 0 amide bonds. The molecule has 1 aliphatic rings. The minimum Gasteiger partial charge on any atom is -0.263 e. The third kappa shape index (κ3) is 4.57. The fraction of sp³-hybridized carbons (Fsp3) is 0.375. The van der Waals surface area contributed by atoms with Gasteiger partial charge in [-0.25, -0.2) is 5.57 Å². The van der Waals surface area contributed by atoms with Crippen molar-refractivity contribution in [2.45, 2.75) is 34.6 Å². The van der Waals surface area contributed by atoms with E-state index in [0.717, 1.165) is 0 Å². The average Bonchev–Trinajstić information content (AvgIpc) is 2.45. The molecule has 1 aromatic rings. The Hall–Kier alpha value is -0.716. The molecule has 2 rings (SSSR count). The van der Waals surface area contributed by atoms with Crippen molar-refractivity contribution in [1.82, 2.24) is 0 Å². The van der Waals surface area contributed by atoms with E-state index in [1.807, 2.05) is 30.3 Å². The van der Waals surface area contributed by atoms with Crippen molar-refractivity contribution < 1.29 is 18.6 Å². The first kappa shape index (κ1) is 16.3. The molecule has 0 unspecified atom stereocenters. The zero-order chi connectivity index (χ0) is 12.2. The summed E-state index contributed by atoms with van der Waals surface area (Å²) in [6, 6.07) is 12.5. The number of hydrogen-bond acceptors (Lipinski definition) is 0. The van der Waals surface area contributed by atoms with Crippen LogP contribution in [0, 0.1) is 17.6 Å². The summed E-state index contributed by atoms with van der Waals surface area (Å²) in [5.74, 6) is 0. The molecule has 1 aliphatic carbocycles. The monoisotopic (exact) mass is 263 g/mol. The molecule has 17 heavy (non-hydrogen) atoms. The molecule has 0 fully saturated rings. The van der Waals surface area contributed by atoms with Crippen LogP contribution in [0.5, 0.6) is 0 Å². The van der Waals surface area contributed by atoms with Crippen molar-refractivity contribution in [3.05, 3.63) is 59.2 Å². The number of rotatable bonds is 0. The summed E-state index contributed by atoms with van der Waals surface area (Å²) < 4.78 is 0. The Morgan fingerprint density at radius 3 is 1.59 bits per heavy atom. The van der Waals surface area contributed by atoms with Gasteiger partial charge < -0.3 is 0 Å². The Morgan fingerprint density at radius 2 is 1.47 bits per heavy atom. The topological polar surface area (TPSA) is 0 Å². The fourth-order valence-electron chi connectivity index (χ4n) is 1.75. The first-order valence-electron chi connectivity index (χ1n) is 5.66. The van der Waals surface area contributed by atoms with Crippen molar-refractivity contribution in [3.8, 4) is 0 Å². The first-order valence-corrected chi connectivity index (χ1v) is 5.66. The van der Waals surface area contributed by atoms with E-state index >= 15 is 0 Å². The molecule has 0 atom stereocenters. The SMILES string of the molecule is CC1=[C-]C(C)(C)C(C)=C1C.[V+2].[c-]1ccccc1. The molecule has 0 spiro atoms. The molecule has 0 nitrogen and oxygen atoms in total. The predicted molar refractivity (Wildman–Crippen MR) is 69.9 cm³/mol. The Kier molecular flexibility index (Phi) is 6.59. The van der Waals surface area contributed by atoms with Gasteiger partial charge in [0, 0.05) is 0 Å². The third-order valence-electron chi connectivity index (χ3n) is 3.17. The number of benzene rings is 1. The molecular formula is C16H20V. The van der Waals surface area contributed by atoms with Gasteiger partial charge in [-0.2, -0.15) is 47.5 Å². The van der Waals surface area contributed by atoms with Gasteiger partial charge in [-0.05, 0) is 0 Å². The van der Waals surface area contributed by atoms with Gasteiger partial charge in [-0.15, -0.1) is 6.92 Å². The largest absolute Gasteiger partial charge is 2.00 e. The predicted octanol–water partition coefficient (Wildman–Crippen LogP) is 4.60. The second kappa shape index (κ2) is 6.88. The maximum Gasteiger partial charge on any atom is 2.00 e. The molecule has 1 heteroatoms. The van der Waals surface area contributed by atoms with Crippen LogP contribution in [0.3, 0.4) is 0 Å². The van der Waals surface area contributed by atoms with Gasteiger partial charge in [0.2, 0.25) is 0 Å². The maximum atomic E-state index is 3.44. The van der Waals surface area contributed by atoms with Crippen molar-refractivity contribution in [3.63, 3.8) is 0 Å². The van der Waals surface area contributed by atoms with E-state index in [0.29, 0.717) is 0 Å². The Bertz CT molecular complexity index is 370. The summed E-state index contributed by atoms with van der Waals surface area (Å²) in [7, 11) is 0. The normalized spacial score (nSPS) is 16.6. The van der Waals surface area contributed by atoms with Gasteiger partial charge in [0.05, 0.1) is 0 Å². The van der Waals surface area contributed by atoms with Crippen molar-refractivity contribution in [1.29, 1.82) is 0 Å². The van der Waals surface area contributed by atoms with E-state index in [1.165, 1.54) is 16.7 Å². The molecule has 1 radical (unpaired) electrons. The van der Waals surface area contributed by atoms with Crippen LogP contribution < -0.4 is 0 Å². The minimum atomic E-state index is 0. The van der Waals surface area contributed by atoms with Gasteiger partial charge in [0.1, 0.15) is 0 Å². The van der Waals surface area contributed by atoms with Crippen LogP contribution in [0.25, 0.3) is 0 Å². The van der Waals surface area contributed by atoms with Gasteiger partial charge in [0.25, 0.3) is 0 Å². The number of allylic oxidation sites excluding steroid dienone is 4. The summed E-state index contributed by atoms with van der Waals surface area (Å²) in [4.78, 5) is 0. The molecule has 0 bridgehead atoms. The van der Waals surface area contributed by atoms with Crippen LogP contribution in [0.2, 0.25) is 0 Å². The van der Waals surface area contributed by atoms with Crippen LogP contribution in [-0.4, -0.2) is 0 Å². The molecule has 0 aliphatic heterocycles. The molecule has 0 aromatic heterocycles. The molecule has 0 saturated carbocycles. The summed E-state index contributed by atoms with van der Waals surface area (Å²) >= 11 is 0. The molecule has 0 saturated heterocycles. The average molecular weight is 263 g/mol. The van der Waals surface area contributed by atoms with Gasteiger partial charge >= 0.3 is 18.6 Å². The second-order valence-corrected chi connectivity index (χ2v) is 4.70. The summed E-state index contributed by atoms with van der Waals surface area (Å²) in [6.07, 6.45) is 3.44. The molecular weight excluding hydrogens is 243 g/mol. The summed E-state index contributed by atoms with van der Waals surface area (Å²) in [5, 5.41) is 0.